The smallest absolute Gasteiger partial charge is 0.358 e. The lowest BCUT2D eigenvalue weighted by atomic mass is 10.2. The Bertz CT molecular complexity index is 898. The predicted molar refractivity (Wildman–Crippen MR) is 90.6 cm³/mol. The fourth-order valence-electron chi connectivity index (χ4n) is 2.36. The van der Waals surface area contributed by atoms with E-state index in [-0.39, 0.29) is 17.1 Å². The SMILES string of the molecule is CCn1cc(NC(=O)c2ccn(Cc3ccccc3)n2)c(C(=O)O)n1. The molecule has 8 nitrogen and oxygen atoms in total. The normalized spacial score (nSPS) is 10.6. The van der Waals surface area contributed by atoms with E-state index in [1.54, 1.807) is 16.9 Å². The number of aromatic carboxylic acids is 1. The van der Waals surface area contributed by atoms with Gasteiger partial charge in [0.1, 0.15) is 0 Å². The minimum atomic E-state index is -1.20. The van der Waals surface area contributed by atoms with E-state index in [9.17, 15) is 14.7 Å². The Morgan fingerprint density at radius 1 is 1.12 bits per heavy atom. The monoisotopic (exact) mass is 339 g/mol. The van der Waals surface area contributed by atoms with Crippen LogP contribution in [-0.2, 0) is 13.1 Å². The van der Waals surface area contributed by atoms with Gasteiger partial charge < -0.3 is 10.4 Å². The first-order valence-electron chi connectivity index (χ1n) is 7.76. The standard InChI is InChI=1S/C17H17N5O3/c1-2-21-11-14(15(20-21)17(24)25)18-16(23)13-8-9-22(19-13)10-12-6-4-3-5-7-12/h3-9,11H,2,10H2,1H3,(H,18,23)(H,24,25). The number of nitrogens with one attached hydrogen (secondary N) is 1. The van der Waals surface area contributed by atoms with Crippen molar-refractivity contribution in [1.29, 1.82) is 0 Å². The molecule has 0 fully saturated rings. The predicted octanol–water partition coefficient (Wildman–Crippen LogP) is 2.10. The van der Waals surface area contributed by atoms with Crippen LogP contribution < -0.4 is 5.32 Å². The molecule has 1 amide bonds. The topological polar surface area (TPSA) is 102 Å². The molecule has 2 heterocycles. The van der Waals surface area contributed by atoms with Gasteiger partial charge in [0.2, 0.25) is 0 Å². The average molecular weight is 339 g/mol. The Labute approximate surface area is 143 Å². The van der Waals surface area contributed by atoms with Crippen molar-refractivity contribution in [3.8, 4) is 0 Å². The minimum absolute atomic E-state index is 0.150. The van der Waals surface area contributed by atoms with Crippen LogP contribution in [0.1, 0.15) is 33.5 Å². The van der Waals surface area contributed by atoms with Crippen molar-refractivity contribution < 1.29 is 14.7 Å². The summed E-state index contributed by atoms with van der Waals surface area (Å²) in [6, 6.07) is 11.3. The van der Waals surface area contributed by atoms with Crippen molar-refractivity contribution in [1.82, 2.24) is 19.6 Å². The third kappa shape index (κ3) is 3.74. The molecule has 0 aliphatic heterocycles. The molecule has 3 aromatic rings. The lowest BCUT2D eigenvalue weighted by Gasteiger charge is -2.02. The zero-order valence-electron chi connectivity index (χ0n) is 13.6. The van der Waals surface area contributed by atoms with Gasteiger partial charge in [0.25, 0.3) is 5.91 Å². The first-order chi connectivity index (χ1) is 12.1. The molecule has 0 aliphatic rings. The Balaban J connectivity index is 1.74. The number of benzene rings is 1. The lowest BCUT2D eigenvalue weighted by Crippen LogP contribution is -2.15. The van der Waals surface area contributed by atoms with Crippen molar-refractivity contribution >= 4 is 17.6 Å². The summed E-state index contributed by atoms with van der Waals surface area (Å²) in [7, 11) is 0. The lowest BCUT2D eigenvalue weighted by molar-refractivity contribution is 0.0690. The third-order valence-corrected chi connectivity index (χ3v) is 3.60. The maximum absolute atomic E-state index is 12.3. The number of carbonyl (C=O) groups excluding carboxylic acids is 1. The van der Waals surface area contributed by atoms with Gasteiger partial charge in [0.05, 0.1) is 12.2 Å². The molecule has 0 aliphatic carbocycles. The van der Waals surface area contributed by atoms with Crippen LogP contribution in [0.5, 0.6) is 0 Å². The number of carbonyl (C=O) groups is 2. The average Bonchev–Trinajstić information content (AvgIpc) is 3.22. The molecule has 0 atom stereocenters. The molecule has 8 heteroatoms. The number of aromatic nitrogens is 4. The summed E-state index contributed by atoms with van der Waals surface area (Å²) >= 11 is 0. The Morgan fingerprint density at radius 2 is 1.88 bits per heavy atom. The van der Waals surface area contributed by atoms with Gasteiger partial charge in [-0.25, -0.2) is 4.79 Å². The number of amides is 1. The fourth-order valence-corrected chi connectivity index (χ4v) is 2.36. The van der Waals surface area contributed by atoms with Crippen LogP contribution in [0.25, 0.3) is 0 Å². The van der Waals surface area contributed by atoms with Crippen LogP contribution in [0.4, 0.5) is 5.69 Å². The van der Waals surface area contributed by atoms with E-state index in [0.717, 1.165) is 5.56 Å². The number of nitrogens with zero attached hydrogens (tertiary/aromatic N) is 4. The molecule has 0 saturated heterocycles. The summed E-state index contributed by atoms with van der Waals surface area (Å²) < 4.78 is 3.10. The number of aryl methyl sites for hydroxylation is 1. The summed E-state index contributed by atoms with van der Waals surface area (Å²) in [5.41, 5.74) is 1.22. The van der Waals surface area contributed by atoms with Crippen molar-refractivity contribution in [2.45, 2.75) is 20.0 Å². The minimum Gasteiger partial charge on any atom is -0.476 e. The highest BCUT2D eigenvalue weighted by Crippen LogP contribution is 2.15. The van der Waals surface area contributed by atoms with E-state index < -0.39 is 11.9 Å². The second kappa shape index (κ2) is 7.00. The number of carboxylic acid groups (broad SMARTS) is 1. The van der Waals surface area contributed by atoms with E-state index in [1.807, 2.05) is 37.3 Å². The summed E-state index contributed by atoms with van der Waals surface area (Å²) in [4.78, 5) is 23.6. The van der Waals surface area contributed by atoms with Crippen LogP contribution in [0.15, 0.2) is 48.8 Å². The highest BCUT2D eigenvalue weighted by Gasteiger charge is 2.19. The Hall–Kier alpha value is -3.42. The summed E-state index contributed by atoms with van der Waals surface area (Å²) in [6.07, 6.45) is 3.19. The molecular formula is C17H17N5O3. The van der Waals surface area contributed by atoms with Crippen molar-refractivity contribution in [2.75, 3.05) is 5.32 Å². The highest BCUT2D eigenvalue weighted by atomic mass is 16.4. The van der Waals surface area contributed by atoms with Crippen LogP contribution in [0, 0.1) is 0 Å². The van der Waals surface area contributed by atoms with Crippen LogP contribution in [0.3, 0.4) is 0 Å². The number of hydrogen-bond donors (Lipinski definition) is 2. The van der Waals surface area contributed by atoms with Gasteiger partial charge >= 0.3 is 5.97 Å². The highest BCUT2D eigenvalue weighted by molar-refractivity contribution is 6.06. The third-order valence-electron chi connectivity index (χ3n) is 3.60. The summed E-state index contributed by atoms with van der Waals surface area (Å²) in [5, 5.41) is 19.9. The summed E-state index contributed by atoms with van der Waals surface area (Å²) in [6.45, 7) is 2.87. The molecule has 25 heavy (non-hydrogen) atoms. The zero-order valence-corrected chi connectivity index (χ0v) is 13.6. The molecular weight excluding hydrogens is 322 g/mol. The van der Waals surface area contributed by atoms with E-state index >= 15 is 0 Å². The number of anilines is 1. The van der Waals surface area contributed by atoms with Crippen LogP contribution in [0.2, 0.25) is 0 Å². The maximum atomic E-state index is 12.3. The molecule has 0 spiro atoms. The number of rotatable bonds is 6. The fraction of sp³-hybridized carbons (Fsp3) is 0.176. The molecule has 0 bridgehead atoms. The van der Waals surface area contributed by atoms with E-state index in [4.69, 9.17) is 0 Å². The van der Waals surface area contributed by atoms with Crippen molar-refractivity contribution in [3.05, 3.63) is 65.7 Å². The second-order valence-corrected chi connectivity index (χ2v) is 5.39. The van der Waals surface area contributed by atoms with Gasteiger partial charge in [-0.1, -0.05) is 30.3 Å². The first kappa shape index (κ1) is 16.4. The van der Waals surface area contributed by atoms with Gasteiger partial charge in [0.15, 0.2) is 11.4 Å². The van der Waals surface area contributed by atoms with Crippen LogP contribution >= 0.6 is 0 Å². The largest absolute Gasteiger partial charge is 0.476 e. The molecule has 0 saturated carbocycles. The zero-order chi connectivity index (χ0) is 17.8. The Morgan fingerprint density at radius 3 is 2.56 bits per heavy atom. The van der Waals surface area contributed by atoms with Gasteiger partial charge in [-0.05, 0) is 18.6 Å². The first-order valence-corrected chi connectivity index (χ1v) is 7.76. The molecule has 1 aromatic carbocycles. The molecule has 128 valence electrons. The van der Waals surface area contributed by atoms with Crippen molar-refractivity contribution in [2.24, 2.45) is 0 Å². The molecule has 3 rings (SSSR count). The van der Waals surface area contributed by atoms with Gasteiger partial charge in [-0.15, -0.1) is 0 Å². The Kier molecular flexibility index (Phi) is 4.60. The number of carboxylic acids is 1. The van der Waals surface area contributed by atoms with E-state index in [0.29, 0.717) is 13.1 Å². The van der Waals surface area contributed by atoms with Gasteiger partial charge in [-0.2, -0.15) is 10.2 Å². The quantitative estimate of drug-likeness (QED) is 0.716. The van der Waals surface area contributed by atoms with Gasteiger partial charge in [-0.3, -0.25) is 14.2 Å². The molecule has 2 aromatic heterocycles. The molecule has 2 N–H and O–H groups in total. The molecule has 0 radical (unpaired) electrons. The maximum Gasteiger partial charge on any atom is 0.358 e. The van der Waals surface area contributed by atoms with Crippen molar-refractivity contribution in [3.63, 3.8) is 0 Å². The summed E-state index contributed by atoms with van der Waals surface area (Å²) in [5.74, 6) is -1.68. The van der Waals surface area contributed by atoms with E-state index in [1.165, 1.54) is 10.9 Å². The molecule has 0 unspecified atom stereocenters. The second-order valence-electron chi connectivity index (χ2n) is 5.39. The number of hydrogen-bond acceptors (Lipinski definition) is 4. The van der Waals surface area contributed by atoms with Crippen LogP contribution in [-0.4, -0.2) is 36.5 Å². The van der Waals surface area contributed by atoms with Gasteiger partial charge in [0, 0.05) is 18.9 Å². The van der Waals surface area contributed by atoms with E-state index in [2.05, 4.69) is 15.5 Å².